The van der Waals surface area contributed by atoms with Gasteiger partial charge in [0, 0.05) is 19.6 Å². The Kier molecular flexibility index (Phi) is 5.81. The Labute approximate surface area is 122 Å². The molecule has 0 spiro atoms. The first-order valence-corrected chi connectivity index (χ1v) is 7.85. The summed E-state index contributed by atoms with van der Waals surface area (Å²) in [6.07, 6.45) is 0.982. The SMILES string of the molecule is CCCn1c(CN)nnc1SCC(=O)N1CCOCC1. The van der Waals surface area contributed by atoms with Gasteiger partial charge in [-0.15, -0.1) is 10.2 Å². The number of amides is 1. The minimum absolute atomic E-state index is 0.124. The Balaban J connectivity index is 1.92. The molecule has 0 aliphatic carbocycles. The highest BCUT2D eigenvalue weighted by atomic mass is 32.2. The van der Waals surface area contributed by atoms with E-state index in [1.165, 1.54) is 11.8 Å². The molecule has 0 unspecified atom stereocenters. The third-order valence-corrected chi connectivity index (χ3v) is 4.06. The van der Waals surface area contributed by atoms with E-state index in [9.17, 15) is 4.79 Å². The summed E-state index contributed by atoms with van der Waals surface area (Å²) in [5.41, 5.74) is 5.65. The molecule has 2 heterocycles. The molecule has 112 valence electrons. The van der Waals surface area contributed by atoms with E-state index in [-0.39, 0.29) is 5.91 Å². The fraction of sp³-hybridized carbons (Fsp3) is 0.750. The lowest BCUT2D eigenvalue weighted by Crippen LogP contribution is -2.41. The second-order valence-electron chi connectivity index (χ2n) is 4.54. The molecule has 1 aromatic heterocycles. The fourth-order valence-electron chi connectivity index (χ4n) is 2.06. The maximum atomic E-state index is 12.1. The van der Waals surface area contributed by atoms with Gasteiger partial charge in [-0.25, -0.2) is 0 Å². The first-order valence-electron chi connectivity index (χ1n) is 6.86. The largest absolute Gasteiger partial charge is 0.378 e. The topological polar surface area (TPSA) is 86.3 Å². The Morgan fingerprint density at radius 1 is 1.40 bits per heavy atom. The second-order valence-corrected chi connectivity index (χ2v) is 5.48. The Morgan fingerprint density at radius 2 is 2.15 bits per heavy atom. The van der Waals surface area contributed by atoms with Crippen LogP contribution >= 0.6 is 11.8 Å². The van der Waals surface area contributed by atoms with Gasteiger partial charge in [-0.3, -0.25) is 4.79 Å². The molecule has 0 bridgehead atoms. The number of thioether (sulfide) groups is 1. The van der Waals surface area contributed by atoms with Crippen molar-refractivity contribution in [1.82, 2.24) is 19.7 Å². The van der Waals surface area contributed by atoms with Crippen molar-refractivity contribution in [3.8, 4) is 0 Å². The average Bonchev–Trinajstić information content (AvgIpc) is 2.88. The summed E-state index contributed by atoms with van der Waals surface area (Å²) in [5.74, 6) is 1.28. The lowest BCUT2D eigenvalue weighted by atomic mass is 10.4. The highest BCUT2D eigenvalue weighted by Gasteiger charge is 2.18. The van der Waals surface area contributed by atoms with Gasteiger partial charge < -0.3 is 19.9 Å². The Bertz CT molecular complexity index is 445. The van der Waals surface area contributed by atoms with Crippen LogP contribution in [0.4, 0.5) is 0 Å². The molecule has 1 saturated heterocycles. The zero-order valence-electron chi connectivity index (χ0n) is 11.7. The van der Waals surface area contributed by atoms with E-state index in [1.807, 2.05) is 9.47 Å². The smallest absolute Gasteiger partial charge is 0.233 e. The van der Waals surface area contributed by atoms with Gasteiger partial charge in [0.15, 0.2) is 5.16 Å². The molecule has 2 rings (SSSR count). The number of hydrogen-bond acceptors (Lipinski definition) is 6. The zero-order chi connectivity index (χ0) is 14.4. The number of carbonyl (C=O) groups excluding carboxylic acids is 1. The number of rotatable bonds is 6. The molecule has 8 heteroatoms. The highest BCUT2D eigenvalue weighted by molar-refractivity contribution is 7.99. The number of carbonyl (C=O) groups is 1. The molecule has 7 nitrogen and oxygen atoms in total. The number of morpholine rings is 1. The van der Waals surface area contributed by atoms with Gasteiger partial charge >= 0.3 is 0 Å². The third-order valence-electron chi connectivity index (χ3n) is 3.11. The summed E-state index contributed by atoms with van der Waals surface area (Å²) in [6.45, 7) is 5.88. The van der Waals surface area contributed by atoms with E-state index in [2.05, 4.69) is 17.1 Å². The predicted molar refractivity (Wildman–Crippen MR) is 76.3 cm³/mol. The molecule has 0 atom stereocenters. The fourth-order valence-corrected chi connectivity index (χ4v) is 2.94. The van der Waals surface area contributed by atoms with Gasteiger partial charge in [0.25, 0.3) is 0 Å². The van der Waals surface area contributed by atoms with Crippen molar-refractivity contribution in [1.29, 1.82) is 0 Å². The van der Waals surface area contributed by atoms with Gasteiger partial charge in [-0.2, -0.15) is 0 Å². The number of ether oxygens (including phenoxy) is 1. The van der Waals surface area contributed by atoms with Crippen molar-refractivity contribution in [3.05, 3.63) is 5.82 Å². The number of aromatic nitrogens is 3. The normalized spacial score (nSPS) is 15.6. The van der Waals surface area contributed by atoms with Crippen LogP contribution in [0.2, 0.25) is 0 Å². The summed E-state index contributed by atoms with van der Waals surface area (Å²) in [4.78, 5) is 13.9. The van der Waals surface area contributed by atoms with Crippen LogP contribution in [0.5, 0.6) is 0 Å². The van der Waals surface area contributed by atoms with Crippen LogP contribution in [0, 0.1) is 0 Å². The van der Waals surface area contributed by atoms with Gasteiger partial charge in [0.2, 0.25) is 5.91 Å². The lowest BCUT2D eigenvalue weighted by Gasteiger charge is -2.26. The number of hydrogen-bond donors (Lipinski definition) is 1. The summed E-state index contributed by atoms with van der Waals surface area (Å²) < 4.78 is 7.24. The first-order chi connectivity index (χ1) is 9.76. The Hall–Kier alpha value is -1.12. The first kappa shape index (κ1) is 15.3. The average molecular weight is 299 g/mol. The maximum absolute atomic E-state index is 12.1. The molecule has 0 aromatic carbocycles. The molecule has 1 aliphatic rings. The van der Waals surface area contributed by atoms with E-state index in [0.29, 0.717) is 38.6 Å². The maximum Gasteiger partial charge on any atom is 0.233 e. The van der Waals surface area contributed by atoms with Crippen LogP contribution in [0.15, 0.2) is 5.16 Å². The molecule has 1 amide bonds. The van der Waals surface area contributed by atoms with Gasteiger partial charge in [0.05, 0.1) is 25.5 Å². The summed E-state index contributed by atoms with van der Waals surface area (Å²) in [7, 11) is 0. The van der Waals surface area contributed by atoms with Crippen LogP contribution in [-0.2, 0) is 22.6 Å². The minimum Gasteiger partial charge on any atom is -0.378 e. The lowest BCUT2D eigenvalue weighted by molar-refractivity contribution is -0.132. The van der Waals surface area contributed by atoms with Crippen molar-refractivity contribution in [3.63, 3.8) is 0 Å². The van der Waals surface area contributed by atoms with Crippen LogP contribution in [0.3, 0.4) is 0 Å². The van der Waals surface area contributed by atoms with Crippen molar-refractivity contribution in [2.45, 2.75) is 31.6 Å². The molecule has 2 N–H and O–H groups in total. The van der Waals surface area contributed by atoms with E-state index < -0.39 is 0 Å². The van der Waals surface area contributed by atoms with Crippen LogP contribution in [-0.4, -0.2) is 57.6 Å². The highest BCUT2D eigenvalue weighted by Crippen LogP contribution is 2.18. The second kappa shape index (κ2) is 7.61. The molecule has 1 fully saturated rings. The monoisotopic (exact) mass is 299 g/mol. The van der Waals surface area contributed by atoms with Crippen LogP contribution in [0.25, 0.3) is 0 Å². The zero-order valence-corrected chi connectivity index (χ0v) is 12.6. The van der Waals surface area contributed by atoms with Crippen molar-refractivity contribution in [2.75, 3.05) is 32.1 Å². The number of nitrogens with two attached hydrogens (primary N) is 1. The summed E-state index contributed by atoms with van der Waals surface area (Å²) >= 11 is 1.43. The molecular weight excluding hydrogens is 278 g/mol. The summed E-state index contributed by atoms with van der Waals surface area (Å²) in [5, 5.41) is 8.96. The quantitative estimate of drug-likeness (QED) is 0.750. The third kappa shape index (κ3) is 3.71. The van der Waals surface area contributed by atoms with Crippen molar-refractivity contribution < 1.29 is 9.53 Å². The van der Waals surface area contributed by atoms with Gasteiger partial charge in [-0.05, 0) is 6.42 Å². The van der Waals surface area contributed by atoms with Crippen LogP contribution in [0.1, 0.15) is 19.2 Å². The van der Waals surface area contributed by atoms with Gasteiger partial charge in [0.1, 0.15) is 5.82 Å². The minimum atomic E-state index is 0.124. The molecule has 1 aromatic rings. The number of nitrogens with zero attached hydrogens (tertiary/aromatic N) is 4. The molecular formula is C12H21N5O2S. The van der Waals surface area contributed by atoms with E-state index in [1.54, 1.807) is 0 Å². The van der Waals surface area contributed by atoms with Gasteiger partial charge in [-0.1, -0.05) is 18.7 Å². The Morgan fingerprint density at radius 3 is 2.80 bits per heavy atom. The van der Waals surface area contributed by atoms with Crippen molar-refractivity contribution >= 4 is 17.7 Å². The molecule has 1 aliphatic heterocycles. The molecule has 20 heavy (non-hydrogen) atoms. The molecule has 0 radical (unpaired) electrons. The van der Waals surface area contributed by atoms with E-state index in [4.69, 9.17) is 10.5 Å². The predicted octanol–water partition coefficient (Wildman–Crippen LogP) is 0.0977. The van der Waals surface area contributed by atoms with E-state index >= 15 is 0 Å². The van der Waals surface area contributed by atoms with Crippen molar-refractivity contribution in [2.24, 2.45) is 5.73 Å². The molecule has 0 saturated carbocycles. The summed E-state index contributed by atoms with van der Waals surface area (Å²) in [6, 6.07) is 0. The van der Waals surface area contributed by atoms with Crippen LogP contribution < -0.4 is 5.73 Å². The standard InChI is InChI=1S/C12H21N5O2S/c1-2-3-17-10(8-13)14-15-12(17)20-9-11(18)16-4-6-19-7-5-16/h2-9,13H2,1H3. The van der Waals surface area contributed by atoms with E-state index in [0.717, 1.165) is 23.9 Å².